The quantitative estimate of drug-likeness (QED) is 0.807. The van der Waals surface area contributed by atoms with E-state index in [1.807, 2.05) is 6.07 Å². The van der Waals surface area contributed by atoms with Gasteiger partial charge in [-0.15, -0.1) is 0 Å². The summed E-state index contributed by atoms with van der Waals surface area (Å²) in [6.45, 7) is 5.86. The zero-order chi connectivity index (χ0) is 13.4. The molecule has 0 spiro atoms. The number of rotatable bonds is 5. The standard InChI is InChI=1S/C16H24N2/c1-4-8-14(2)18(3)13-16-10-6-5-9-15(16)11-7-12-17/h5-6,9-10,14H,4,8,12-13,17H2,1-3H3. The van der Waals surface area contributed by atoms with Gasteiger partial charge in [-0.1, -0.05) is 43.4 Å². The molecule has 0 fully saturated rings. The first-order valence-electron chi connectivity index (χ1n) is 6.66. The Hall–Kier alpha value is -1.30. The Morgan fingerprint density at radius 1 is 1.33 bits per heavy atom. The highest BCUT2D eigenvalue weighted by atomic mass is 15.1. The number of benzene rings is 1. The second-order valence-electron chi connectivity index (χ2n) is 4.72. The monoisotopic (exact) mass is 244 g/mol. The van der Waals surface area contributed by atoms with Crippen molar-refractivity contribution < 1.29 is 0 Å². The lowest BCUT2D eigenvalue weighted by Crippen LogP contribution is -2.28. The average molecular weight is 244 g/mol. The van der Waals surface area contributed by atoms with Gasteiger partial charge in [0.2, 0.25) is 0 Å². The second kappa shape index (κ2) is 7.92. The molecule has 0 radical (unpaired) electrons. The van der Waals surface area contributed by atoms with E-state index >= 15 is 0 Å². The third-order valence-corrected chi connectivity index (χ3v) is 3.22. The van der Waals surface area contributed by atoms with Crippen LogP contribution in [0.4, 0.5) is 0 Å². The van der Waals surface area contributed by atoms with Gasteiger partial charge in [0.1, 0.15) is 0 Å². The Kier molecular flexibility index (Phi) is 6.49. The number of hydrogen-bond acceptors (Lipinski definition) is 2. The van der Waals surface area contributed by atoms with Crippen molar-refractivity contribution in [1.29, 1.82) is 0 Å². The van der Waals surface area contributed by atoms with E-state index in [-0.39, 0.29) is 0 Å². The first-order valence-corrected chi connectivity index (χ1v) is 6.66. The summed E-state index contributed by atoms with van der Waals surface area (Å²) >= 11 is 0. The Balaban J connectivity index is 2.77. The van der Waals surface area contributed by atoms with Gasteiger partial charge in [0.25, 0.3) is 0 Å². The molecule has 2 N–H and O–H groups in total. The van der Waals surface area contributed by atoms with Crippen LogP contribution in [0.15, 0.2) is 24.3 Å². The molecule has 1 aromatic carbocycles. The molecule has 1 atom stereocenters. The van der Waals surface area contributed by atoms with Gasteiger partial charge >= 0.3 is 0 Å². The van der Waals surface area contributed by atoms with Crippen LogP contribution in [-0.2, 0) is 6.54 Å². The molecule has 0 heterocycles. The van der Waals surface area contributed by atoms with Crippen molar-refractivity contribution in [3.05, 3.63) is 35.4 Å². The maximum atomic E-state index is 5.43. The highest BCUT2D eigenvalue weighted by Gasteiger charge is 2.09. The van der Waals surface area contributed by atoms with Crippen molar-refractivity contribution in [2.45, 2.75) is 39.3 Å². The highest BCUT2D eigenvalue weighted by molar-refractivity contribution is 5.41. The molecule has 0 bridgehead atoms. The Morgan fingerprint density at radius 3 is 2.72 bits per heavy atom. The molecule has 2 nitrogen and oxygen atoms in total. The fourth-order valence-electron chi connectivity index (χ4n) is 1.99. The highest BCUT2D eigenvalue weighted by Crippen LogP contribution is 2.13. The largest absolute Gasteiger partial charge is 0.320 e. The maximum Gasteiger partial charge on any atom is 0.0555 e. The first-order chi connectivity index (χ1) is 8.69. The van der Waals surface area contributed by atoms with Gasteiger partial charge in [0.15, 0.2) is 0 Å². The fourth-order valence-corrected chi connectivity index (χ4v) is 1.99. The molecule has 1 unspecified atom stereocenters. The second-order valence-corrected chi connectivity index (χ2v) is 4.72. The van der Waals surface area contributed by atoms with Gasteiger partial charge in [-0.3, -0.25) is 4.90 Å². The van der Waals surface area contributed by atoms with Crippen LogP contribution >= 0.6 is 0 Å². The molecule has 0 saturated heterocycles. The summed E-state index contributed by atoms with van der Waals surface area (Å²) in [4.78, 5) is 2.38. The fraction of sp³-hybridized carbons (Fsp3) is 0.500. The minimum atomic E-state index is 0.413. The molecule has 98 valence electrons. The topological polar surface area (TPSA) is 29.3 Å². The third kappa shape index (κ3) is 4.52. The third-order valence-electron chi connectivity index (χ3n) is 3.22. The summed E-state index contributed by atoms with van der Waals surface area (Å²) in [7, 11) is 2.17. The average Bonchev–Trinajstić information content (AvgIpc) is 2.38. The lowest BCUT2D eigenvalue weighted by atomic mass is 10.1. The van der Waals surface area contributed by atoms with E-state index < -0.39 is 0 Å². The molecule has 0 aromatic heterocycles. The van der Waals surface area contributed by atoms with Crippen molar-refractivity contribution in [1.82, 2.24) is 4.90 Å². The molecule has 1 rings (SSSR count). The number of nitrogens with two attached hydrogens (primary N) is 1. The molecule has 18 heavy (non-hydrogen) atoms. The SMILES string of the molecule is CCCC(C)N(C)Cc1ccccc1C#CCN. The normalized spacial score (nSPS) is 12.1. The molecule has 0 aliphatic carbocycles. The first kappa shape index (κ1) is 14.8. The summed E-state index contributed by atoms with van der Waals surface area (Å²) in [6, 6.07) is 8.91. The lowest BCUT2D eigenvalue weighted by Gasteiger charge is -2.24. The molecule has 0 amide bonds. The Morgan fingerprint density at radius 2 is 2.06 bits per heavy atom. The van der Waals surface area contributed by atoms with Crippen LogP contribution in [0.25, 0.3) is 0 Å². The van der Waals surface area contributed by atoms with E-state index in [1.54, 1.807) is 0 Å². The number of hydrogen-bond donors (Lipinski definition) is 1. The maximum absolute atomic E-state index is 5.43. The van der Waals surface area contributed by atoms with Crippen LogP contribution in [0.3, 0.4) is 0 Å². The van der Waals surface area contributed by atoms with Crippen molar-refractivity contribution in [3.8, 4) is 11.8 Å². The summed E-state index contributed by atoms with van der Waals surface area (Å²) in [6.07, 6.45) is 2.45. The zero-order valence-electron chi connectivity index (χ0n) is 11.7. The van der Waals surface area contributed by atoms with E-state index in [2.05, 4.69) is 55.8 Å². The van der Waals surface area contributed by atoms with Gasteiger partial charge in [-0.05, 0) is 32.0 Å². The van der Waals surface area contributed by atoms with Gasteiger partial charge in [-0.25, -0.2) is 0 Å². The van der Waals surface area contributed by atoms with E-state index in [0.29, 0.717) is 12.6 Å². The minimum Gasteiger partial charge on any atom is -0.320 e. The molecular weight excluding hydrogens is 220 g/mol. The Labute approximate surface area is 111 Å². The van der Waals surface area contributed by atoms with Crippen molar-refractivity contribution in [3.63, 3.8) is 0 Å². The Bertz CT molecular complexity index is 415. The summed E-state index contributed by atoms with van der Waals surface area (Å²) < 4.78 is 0. The van der Waals surface area contributed by atoms with Gasteiger partial charge in [-0.2, -0.15) is 0 Å². The van der Waals surface area contributed by atoms with Gasteiger partial charge < -0.3 is 5.73 Å². The van der Waals surface area contributed by atoms with Crippen molar-refractivity contribution in [2.24, 2.45) is 5.73 Å². The van der Waals surface area contributed by atoms with Crippen LogP contribution in [0.2, 0.25) is 0 Å². The lowest BCUT2D eigenvalue weighted by molar-refractivity contribution is 0.236. The van der Waals surface area contributed by atoms with Gasteiger partial charge in [0, 0.05) is 18.2 Å². The smallest absolute Gasteiger partial charge is 0.0555 e. The van der Waals surface area contributed by atoms with Crippen LogP contribution in [0, 0.1) is 11.8 Å². The van der Waals surface area contributed by atoms with Crippen molar-refractivity contribution >= 4 is 0 Å². The predicted octanol–water partition coefficient (Wildman–Crippen LogP) is 2.62. The molecule has 0 aliphatic rings. The van der Waals surface area contributed by atoms with E-state index in [4.69, 9.17) is 5.73 Å². The minimum absolute atomic E-state index is 0.413. The molecule has 0 aliphatic heterocycles. The molecule has 2 heteroatoms. The molecule has 0 saturated carbocycles. The number of nitrogens with zero attached hydrogens (tertiary/aromatic N) is 1. The van der Waals surface area contributed by atoms with Crippen LogP contribution in [0.5, 0.6) is 0 Å². The predicted molar refractivity (Wildman–Crippen MR) is 78.2 cm³/mol. The molecular formula is C16H24N2. The van der Waals surface area contributed by atoms with E-state index in [1.165, 1.54) is 18.4 Å². The zero-order valence-corrected chi connectivity index (χ0v) is 11.7. The summed E-state index contributed by atoms with van der Waals surface area (Å²) in [5.74, 6) is 6.08. The van der Waals surface area contributed by atoms with Crippen LogP contribution in [-0.4, -0.2) is 24.5 Å². The summed E-state index contributed by atoms with van der Waals surface area (Å²) in [5, 5.41) is 0. The van der Waals surface area contributed by atoms with E-state index in [9.17, 15) is 0 Å². The van der Waals surface area contributed by atoms with Crippen molar-refractivity contribution in [2.75, 3.05) is 13.6 Å². The van der Waals surface area contributed by atoms with E-state index in [0.717, 1.165) is 12.1 Å². The van der Waals surface area contributed by atoms with Crippen LogP contribution < -0.4 is 5.73 Å². The summed E-state index contributed by atoms with van der Waals surface area (Å²) in [5.41, 5.74) is 7.81. The van der Waals surface area contributed by atoms with Gasteiger partial charge in [0.05, 0.1) is 6.54 Å². The molecule has 1 aromatic rings. The van der Waals surface area contributed by atoms with Crippen LogP contribution in [0.1, 0.15) is 37.8 Å².